The van der Waals surface area contributed by atoms with Crippen molar-refractivity contribution in [2.75, 3.05) is 11.9 Å². The number of ether oxygens (including phenoxy) is 1. The summed E-state index contributed by atoms with van der Waals surface area (Å²) >= 11 is 0. The number of hydrogen-bond donors (Lipinski definition) is 1. The SMILES string of the molecule is CCCCC(C)Nc1ccc(OCC)nc1. The Morgan fingerprint density at radius 3 is 2.75 bits per heavy atom. The molecule has 1 N–H and O–H groups in total. The van der Waals surface area contributed by atoms with Crippen LogP contribution < -0.4 is 10.1 Å². The Kier molecular flexibility index (Phi) is 5.68. The van der Waals surface area contributed by atoms with Gasteiger partial charge in [0.15, 0.2) is 0 Å². The van der Waals surface area contributed by atoms with Crippen LogP contribution in [0.15, 0.2) is 18.3 Å². The number of hydrogen-bond acceptors (Lipinski definition) is 3. The largest absolute Gasteiger partial charge is 0.478 e. The highest BCUT2D eigenvalue weighted by atomic mass is 16.5. The van der Waals surface area contributed by atoms with Gasteiger partial charge in [-0.1, -0.05) is 19.8 Å². The number of aromatic nitrogens is 1. The van der Waals surface area contributed by atoms with Gasteiger partial charge in [0.25, 0.3) is 0 Å². The van der Waals surface area contributed by atoms with E-state index in [0.717, 1.165) is 5.69 Å². The molecule has 0 bridgehead atoms. The molecule has 0 spiro atoms. The van der Waals surface area contributed by atoms with Crippen LogP contribution in [0.5, 0.6) is 5.88 Å². The second-order valence-corrected chi connectivity index (χ2v) is 4.01. The second kappa shape index (κ2) is 7.09. The molecule has 0 radical (unpaired) electrons. The number of unbranched alkanes of at least 4 members (excludes halogenated alkanes) is 1. The fourth-order valence-electron chi connectivity index (χ4n) is 1.57. The van der Waals surface area contributed by atoms with E-state index in [-0.39, 0.29) is 0 Å². The third-order valence-electron chi connectivity index (χ3n) is 2.43. The van der Waals surface area contributed by atoms with Gasteiger partial charge >= 0.3 is 0 Å². The van der Waals surface area contributed by atoms with Gasteiger partial charge in [0.1, 0.15) is 0 Å². The standard InChI is InChI=1S/C13H22N2O/c1-4-6-7-11(3)15-12-8-9-13(14-10-12)16-5-2/h8-11,15H,4-7H2,1-3H3. The first-order chi connectivity index (χ1) is 7.76. The number of rotatable bonds is 7. The molecule has 3 nitrogen and oxygen atoms in total. The minimum Gasteiger partial charge on any atom is -0.478 e. The van der Waals surface area contributed by atoms with Crippen LogP contribution in [-0.2, 0) is 0 Å². The van der Waals surface area contributed by atoms with E-state index in [0.29, 0.717) is 18.5 Å². The van der Waals surface area contributed by atoms with Crippen LogP contribution in [-0.4, -0.2) is 17.6 Å². The minimum absolute atomic E-state index is 0.500. The smallest absolute Gasteiger partial charge is 0.213 e. The number of pyridine rings is 1. The van der Waals surface area contributed by atoms with Crippen molar-refractivity contribution in [1.29, 1.82) is 0 Å². The van der Waals surface area contributed by atoms with Crippen LogP contribution in [0.25, 0.3) is 0 Å². The maximum Gasteiger partial charge on any atom is 0.213 e. The Morgan fingerprint density at radius 2 is 2.19 bits per heavy atom. The zero-order valence-corrected chi connectivity index (χ0v) is 10.5. The Labute approximate surface area is 98.2 Å². The molecule has 1 rings (SSSR count). The Hall–Kier alpha value is -1.25. The summed E-state index contributed by atoms with van der Waals surface area (Å²) in [5.74, 6) is 0.689. The van der Waals surface area contributed by atoms with Crippen LogP contribution in [0.4, 0.5) is 5.69 Å². The molecular weight excluding hydrogens is 200 g/mol. The zero-order chi connectivity index (χ0) is 11.8. The van der Waals surface area contributed by atoms with Crippen molar-refractivity contribution in [3.8, 4) is 5.88 Å². The Balaban J connectivity index is 2.41. The second-order valence-electron chi connectivity index (χ2n) is 4.01. The van der Waals surface area contributed by atoms with E-state index in [9.17, 15) is 0 Å². The van der Waals surface area contributed by atoms with E-state index < -0.39 is 0 Å². The molecule has 1 unspecified atom stereocenters. The highest BCUT2D eigenvalue weighted by molar-refractivity contribution is 5.42. The first kappa shape index (κ1) is 12.8. The zero-order valence-electron chi connectivity index (χ0n) is 10.5. The van der Waals surface area contributed by atoms with Gasteiger partial charge in [0.05, 0.1) is 18.5 Å². The Morgan fingerprint density at radius 1 is 1.38 bits per heavy atom. The Bertz CT molecular complexity index is 284. The van der Waals surface area contributed by atoms with E-state index in [1.165, 1.54) is 19.3 Å². The molecule has 1 atom stereocenters. The van der Waals surface area contributed by atoms with Crippen molar-refractivity contribution >= 4 is 5.69 Å². The van der Waals surface area contributed by atoms with Crippen LogP contribution in [0, 0.1) is 0 Å². The molecule has 3 heteroatoms. The average molecular weight is 222 g/mol. The maximum atomic E-state index is 5.29. The van der Waals surface area contributed by atoms with Crippen LogP contribution >= 0.6 is 0 Å². The number of anilines is 1. The molecule has 0 aromatic carbocycles. The van der Waals surface area contributed by atoms with Crippen molar-refractivity contribution in [3.05, 3.63) is 18.3 Å². The molecule has 0 saturated carbocycles. The van der Waals surface area contributed by atoms with Gasteiger partial charge in [-0.3, -0.25) is 0 Å². The summed E-state index contributed by atoms with van der Waals surface area (Å²) in [4.78, 5) is 4.22. The summed E-state index contributed by atoms with van der Waals surface area (Å²) in [6.07, 6.45) is 5.53. The summed E-state index contributed by atoms with van der Waals surface area (Å²) in [5.41, 5.74) is 1.06. The lowest BCUT2D eigenvalue weighted by molar-refractivity contribution is 0.327. The van der Waals surface area contributed by atoms with Gasteiger partial charge in [-0.15, -0.1) is 0 Å². The lowest BCUT2D eigenvalue weighted by atomic mass is 10.1. The van der Waals surface area contributed by atoms with E-state index in [4.69, 9.17) is 4.74 Å². The third-order valence-corrected chi connectivity index (χ3v) is 2.43. The average Bonchev–Trinajstić information content (AvgIpc) is 2.29. The van der Waals surface area contributed by atoms with Crippen molar-refractivity contribution in [1.82, 2.24) is 4.98 Å². The highest BCUT2D eigenvalue weighted by Gasteiger charge is 2.01. The normalized spacial score (nSPS) is 12.2. The fraction of sp³-hybridized carbons (Fsp3) is 0.615. The molecule has 0 saturated heterocycles. The van der Waals surface area contributed by atoms with E-state index in [2.05, 4.69) is 24.1 Å². The van der Waals surface area contributed by atoms with Crippen LogP contribution in [0.2, 0.25) is 0 Å². The summed E-state index contributed by atoms with van der Waals surface area (Å²) in [7, 11) is 0. The fourth-order valence-corrected chi connectivity index (χ4v) is 1.57. The van der Waals surface area contributed by atoms with Gasteiger partial charge in [-0.05, 0) is 26.3 Å². The van der Waals surface area contributed by atoms with E-state index in [1.54, 1.807) is 0 Å². The molecule has 1 aromatic heterocycles. The summed E-state index contributed by atoms with van der Waals surface area (Å²) in [6.45, 7) is 7.03. The molecule has 0 aliphatic rings. The summed E-state index contributed by atoms with van der Waals surface area (Å²) < 4.78 is 5.29. The van der Waals surface area contributed by atoms with Gasteiger partial charge in [-0.25, -0.2) is 4.98 Å². The van der Waals surface area contributed by atoms with E-state index >= 15 is 0 Å². The predicted molar refractivity (Wildman–Crippen MR) is 68.0 cm³/mol. The molecule has 0 fully saturated rings. The predicted octanol–water partition coefficient (Wildman–Crippen LogP) is 3.47. The van der Waals surface area contributed by atoms with Gasteiger partial charge in [0, 0.05) is 12.1 Å². The maximum absolute atomic E-state index is 5.29. The van der Waals surface area contributed by atoms with Crippen molar-refractivity contribution < 1.29 is 4.74 Å². The first-order valence-electron chi connectivity index (χ1n) is 6.11. The van der Waals surface area contributed by atoms with Crippen LogP contribution in [0.3, 0.4) is 0 Å². The molecule has 0 aliphatic carbocycles. The molecule has 0 aliphatic heterocycles. The van der Waals surface area contributed by atoms with Gasteiger partial charge < -0.3 is 10.1 Å². The molecule has 90 valence electrons. The molecule has 1 heterocycles. The van der Waals surface area contributed by atoms with Crippen LogP contribution in [0.1, 0.15) is 40.0 Å². The lowest BCUT2D eigenvalue weighted by Crippen LogP contribution is -2.14. The molecular formula is C13H22N2O. The van der Waals surface area contributed by atoms with Gasteiger partial charge in [-0.2, -0.15) is 0 Å². The van der Waals surface area contributed by atoms with Crippen molar-refractivity contribution in [2.24, 2.45) is 0 Å². The quantitative estimate of drug-likeness (QED) is 0.767. The molecule has 0 amide bonds. The minimum atomic E-state index is 0.500. The molecule has 1 aromatic rings. The number of nitrogens with zero attached hydrogens (tertiary/aromatic N) is 1. The van der Waals surface area contributed by atoms with Crippen molar-refractivity contribution in [2.45, 2.75) is 46.1 Å². The summed E-state index contributed by atoms with van der Waals surface area (Å²) in [5, 5.41) is 3.43. The summed E-state index contributed by atoms with van der Waals surface area (Å²) in [6, 6.07) is 4.42. The van der Waals surface area contributed by atoms with Crippen molar-refractivity contribution in [3.63, 3.8) is 0 Å². The number of nitrogens with one attached hydrogen (secondary N) is 1. The topological polar surface area (TPSA) is 34.1 Å². The third kappa shape index (κ3) is 4.51. The van der Waals surface area contributed by atoms with E-state index in [1.807, 2.05) is 25.3 Å². The highest BCUT2D eigenvalue weighted by Crippen LogP contribution is 2.14. The molecule has 16 heavy (non-hydrogen) atoms. The monoisotopic (exact) mass is 222 g/mol. The lowest BCUT2D eigenvalue weighted by Gasteiger charge is -2.14. The first-order valence-corrected chi connectivity index (χ1v) is 6.11. The van der Waals surface area contributed by atoms with Gasteiger partial charge in [0.2, 0.25) is 5.88 Å².